The molecule has 1 fully saturated rings. The number of nitro groups is 1. The fourth-order valence-corrected chi connectivity index (χ4v) is 3.40. The summed E-state index contributed by atoms with van der Waals surface area (Å²) in [5.41, 5.74) is 7.50. The van der Waals surface area contributed by atoms with Gasteiger partial charge in [0.05, 0.1) is 4.92 Å². The van der Waals surface area contributed by atoms with E-state index in [2.05, 4.69) is 6.92 Å². The molecular weight excluding hydrogens is 264 g/mol. The Bertz CT molecular complexity index is 479. The van der Waals surface area contributed by atoms with Crippen molar-refractivity contribution in [2.45, 2.75) is 63.8 Å². The molecule has 0 aromatic heterocycles. The van der Waals surface area contributed by atoms with Gasteiger partial charge in [-0.05, 0) is 43.6 Å². The second-order valence-electron chi connectivity index (χ2n) is 6.55. The van der Waals surface area contributed by atoms with Crippen LogP contribution in [0.1, 0.15) is 57.4 Å². The lowest BCUT2D eigenvalue weighted by Gasteiger charge is -2.37. The van der Waals surface area contributed by atoms with E-state index >= 15 is 0 Å². The van der Waals surface area contributed by atoms with Crippen LogP contribution in [-0.2, 0) is 6.42 Å². The van der Waals surface area contributed by atoms with Crippen molar-refractivity contribution in [2.24, 2.45) is 11.7 Å². The molecule has 0 atom stereocenters. The largest absolute Gasteiger partial charge is 0.325 e. The first-order valence-electron chi connectivity index (χ1n) is 8.04. The maximum absolute atomic E-state index is 10.8. The zero-order valence-electron chi connectivity index (χ0n) is 12.9. The molecule has 4 nitrogen and oxygen atoms in total. The van der Waals surface area contributed by atoms with Gasteiger partial charge in [0.1, 0.15) is 0 Å². The summed E-state index contributed by atoms with van der Waals surface area (Å²) in [7, 11) is 0. The minimum atomic E-state index is -0.339. The highest BCUT2D eigenvalue weighted by Crippen LogP contribution is 2.35. The first-order chi connectivity index (χ1) is 10.0. The number of hydrogen-bond acceptors (Lipinski definition) is 3. The van der Waals surface area contributed by atoms with Crippen molar-refractivity contribution in [1.82, 2.24) is 0 Å². The molecule has 2 N–H and O–H groups in total. The van der Waals surface area contributed by atoms with Crippen LogP contribution in [0.4, 0.5) is 5.69 Å². The van der Waals surface area contributed by atoms with Gasteiger partial charge < -0.3 is 5.73 Å². The molecule has 0 heterocycles. The van der Waals surface area contributed by atoms with Crippen LogP contribution in [0.5, 0.6) is 0 Å². The number of nitrogens with two attached hydrogens (primary N) is 1. The van der Waals surface area contributed by atoms with Crippen molar-refractivity contribution in [2.75, 3.05) is 0 Å². The van der Waals surface area contributed by atoms with Crippen LogP contribution in [0.3, 0.4) is 0 Å². The van der Waals surface area contributed by atoms with E-state index in [-0.39, 0.29) is 16.1 Å². The molecular formula is C17H26N2O2. The summed E-state index contributed by atoms with van der Waals surface area (Å²) in [5, 5.41) is 10.8. The Hall–Kier alpha value is -1.42. The maximum Gasteiger partial charge on any atom is 0.269 e. The lowest BCUT2D eigenvalue weighted by Crippen LogP contribution is -2.45. The average Bonchev–Trinajstić information content (AvgIpc) is 2.47. The van der Waals surface area contributed by atoms with Crippen molar-refractivity contribution >= 4 is 5.69 Å². The van der Waals surface area contributed by atoms with Crippen molar-refractivity contribution in [3.63, 3.8) is 0 Å². The summed E-state index contributed by atoms with van der Waals surface area (Å²) < 4.78 is 0. The van der Waals surface area contributed by atoms with E-state index in [1.54, 1.807) is 12.1 Å². The molecule has 2 rings (SSSR count). The molecule has 0 unspecified atom stereocenters. The van der Waals surface area contributed by atoms with E-state index in [0.29, 0.717) is 0 Å². The summed E-state index contributed by atoms with van der Waals surface area (Å²) in [5.74, 6) is 0.826. The van der Waals surface area contributed by atoms with Crippen LogP contribution >= 0.6 is 0 Å². The van der Waals surface area contributed by atoms with Crippen LogP contribution in [-0.4, -0.2) is 10.5 Å². The third kappa shape index (κ3) is 4.53. The second-order valence-corrected chi connectivity index (χ2v) is 6.55. The number of benzene rings is 1. The van der Waals surface area contributed by atoms with Gasteiger partial charge in [0, 0.05) is 17.7 Å². The van der Waals surface area contributed by atoms with Crippen LogP contribution in [0.15, 0.2) is 24.3 Å². The third-order valence-corrected chi connectivity index (χ3v) is 4.74. The van der Waals surface area contributed by atoms with Crippen LogP contribution in [0, 0.1) is 16.0 Å². The van der Waals surface area contributed by atoms with Gasteiger partial charge in [0.2, 0.25) is 0 Å². The summed E-state index contributed by atoms with van der Waals surface area (Å²) in [6, 6.07) is 6.90. The molecule has 0 amide bonds. The Kier molecular flexibility index (Phi) is 5.34. The predicted octanol–water partition coefficient (Wildman–Crippen LogP) is 4.22. The Balaban J connectivity index is 1.93. The highest BCUT2D eigenvalue weighted by Gasteiger charge is 2.31. The van der Waals surface area contributed by atoms with Gasteiger partial charge in [-0.1, -0.05) is 38.3 Å². The topological polar surface area (TPSA) is 69.2 Å². The Morgan fingerprint density at radius 3 is 2.71 bits per heavy atom. The molecule has 1 saturated carbocycles. The summed E-state index contributed by atoms with van der Waals surface area (Å²) >= 11 is 0. The lowest BCUT2D eigenvalue weighted by atomic mass is 9.73. The van der Waals surface area contributed by atoms with Crippen molar-refractivity contribution < 1.29 is 4.92 Å². The van der Waals surface area contributed by atoms with Gasteiger partial charge in [-0.15, -0.1) is 0 Å². The summed E-state index contributed by atoms with van der Waals surface area (Å²) in [6.07, 6.45) is 9.11. The minimum absolute atomic E-state index is 0.160. The van der Waals surface area contributed by atoms with Gasteiger partial charge in [-0.3, -0.25) is 10.1 Å². The number of unbranched alkanes of at least 4 members (excludes halogenated alkanes) is 1. The lowest BCUT2D eigenvalue weighted by molar-refractivity contribution is -0.384. The van der Waals surface area contributed by atoms with Crippen LogP contribution < -0.4 is 5.73 Å². The number of non-ortho nitro benzene ring substituents is 1. The number of hydrogen-bond donors (Lipinski definition) is 1. The SMILES string of the molecule is CCCCC1CCC(N)(Cc2cccc([N+](=O)[O-])c2)CC1. The number of nitro benzene ring substituents is 1. The zero-order chi connectivity index (χ0) is 15.3. The first-order valence-corrected chi connectivity index (χ1v) is 8.04. The average molecular weight is 290 g/mol. The first kappa shape index (κ1) is 16.0. The molecule has 0 saturated heterocycles. The van der Waals surface area contributed by atoms with Crippen molar-refractivity contribution in [1.29, 1.82) is 0 Å². The van der Waals surface area contributed by atoms with Gasteiger partial charge in [-0.25, -0.2) is 0 Å². The fourth-order valence-electron chi connectivity index (χ4n) is 3.40. The van der Waals surface area contributed by atoms with Gasteiger partial charge in [0.25, 0.3) is 5.69 Å². The van der Waals surface area contributed by atoms with E-state index in [0.717, 1.165) is 30.7 Å². The molecule has 1 aromatic carbocycles. The van der Waals surface area contributed by atoms with Crippen LogP contribution in [0.2, 0.25) is 0 Å². The highest BCUT2D eigenvalue weighted by atomic mass is 16.6. The van der Waals surface area contributed by atoms with Crippen molar-refractivity contribution in [3.8, 4) is 0 Å². The minimum Gasteiger partial charge on any atom is -0.325 e. The maximum atomic E-state index is 10.8. The Labute approximate surface area is 126 Å². The standard InChI is InChI=1S/C17H26N2O2/c1-2-3-5-14-8-10-17(18,11-9-14)13-15-6-4-7-16(12-15)19(20)21/h4,6-7,12,14H,2-3,5,8-11,13,18H2,1H3. The molecule has 1 aliphatic carbocycles. The number of nitrogens with zero attached hydrogens (tertiary/aromatic N) is 1. The Morgan fingerprint density at radius 1 is 1.38 bits per heavy atom. The van der Waals surface area contributed by atoms with Gasteiger partial charge in [-0.2, -0.15) is 0 Å². The molecule has 1 aromatic rings. The number of rotatable bonds is 6. The molecule has 0 radical (unpaired) electrons. The fraction of sp³-hybridized carbons (Fsp3) is 0.647. The van der Waals surface area contributed by atoms with Gasteiger partial charge in [0.15, 0.2) is 0 Å². The highest BCUT2D eigenvalue weighted by molar-refractivity contribution is 5.35. The normalized spacial score (nSPS) is 25.7. The van der Waals surface area contributed by atoms with E-state index in [9.17, 15) is 10.1 Å². The van der Waals surface area contributed by atoms with E-state index in [1.165, 1.54) is 38.2 Å². The monoisotopic (exact) mass is 290 g/mol. The van der Waals surface area contributed by atoms with Crippen LogP contribution in [0.25, 0.3) is 0 Å². The smallest absolute Gasteiger partial charge is 0.269 e. The van der Waals surface area contributed by atoms with E-state index in [1.807, 2.05) is 6.07 Å². The molecule has 1 aliphatic rings. The zero-order valence-corrected chi connectivity index (χ0v) is 12.9. The van der Waals surface area contributed by atoms with E-state index in [4.69, 9.17) is 5.73 Å². The molecule has 21 heavy (non-hydrogen) atoms. The van der Waals surface area contributed by atoms with Crippen molar-refractivity contribution in [3.05, 3.63) is 39.9 Å². The van der Waals surface area contributed by atoms with Gasteiger partial charge >= 0.3 is 0 Å². The Morgan fingerprint density at radius 2 is 2.10 bits per heavy atom. The molecule has 0 bridgehead atoms. The third-order valence-electron chi connectivity index (χ3n) is 4.74. The summed E-state index contributed by atoms with van der Waals surface area (Å²) in [4.78, 5) is 10.5. The molecule has 0 aliphatic heterocycles. The second kappa shape index (κ2) is 7.03. The quantitative estimate of drug-likeness (QED) is 0.630. The molecule has 0 spiro atoms. The summed E-state index contributed by atoms with van der Waals surface area (Å²) in [6.45, 7) is 2.23. The molecule has 4 heteroatoms. The molecule has 116 valence electrons. The predicted molar refractivity (Wildman–Crippen MR) is 85.2 cm³/mol. The van der Waals surface area contributed by atoms with E-state index < -0.39 is 0 Å².